The molecule has 10 nitrogen and oxygen atoms in total. The van der Waals surface area contributed by atoms with Gasteiger partial charge in [0.05, 0.1) is 12.2 Å². The average molecular weight is 808 g/mol. The summed E-state index contributed by atoms with van der Waals surface area (Å²) < 4.78 is 8.81. The molecule has 4 aromatic rings. The van der Waals surface area contributed by atoms with E-state index in [4.69, 9.17) is 14.4 Å². The summed E-state index contributed by atoms with van der Waals surface area (Å²) in [6, 6.07) is 11.1. The number of rotatable bonds is 9. The first kappa shape index (κ1) is 35.5. The van der Waals surface area contributed by atoms with E-state index in [0.29, 0.717) is 46.9 Å². The van der Waals surface area contributed by atoms with Crippen LogP contribution in [0, 0.1) is 5.92 Å². The van der Waals surface area contributed by atoms with Crippen molar-refractivity contribution in [1.29, 1.82) is 0 Å². The van der Waals surface area contributed by atoms with Gasteiger partial charge in [-0.1, -0.05) is 39.0 Å². The first-order valence-corrected chi connectivity index (χ1v) is 22.0. The van der Waals surface area contributed by atoms with Crippen molar-refractivity contribution >= 4 is 53.6 Å². The Labute approximate surface area is 309 Å². The molecule has 0 saturated heterocycles. The number of aliphatic hydroxyl groups is 1. The Morgan fingerprint density at radius 1 is 1.10 bits per heavy atom. The van der Waals surface area contributed by atoms with Gasteiger partial charge in [-0.3, -0.25) is 9.69 Å². The van der Waals surface area contributed by atoms with Crippen LogP contribution in [0.2, 0.25) is 18.1 Å². The number of aromatic nitrogens is 5. The van der Waals surface area contributed by atoms with Gasteiger partial charge in [0, 0.05) is 37.6 Å². The highest BCUT2D eigenvalue weighted by Crippen LogP contribution is 2.41. The third kappa shape index (κ3) is 6.85. The first-order valence-electron chi connectivity index (χ1n) is 18.0. The molecule has 0 radical (unpaired) electrons. The van der Waals surface area contributed by atoms with E-state index in [2.05, 4.69) is 96.4 Å². The third-order valence-electron chi connectivity index (χ3n) is 11.6. The van der Waals surface area contributed by atoms with E-state index in [1.54, 1.807) is 21.6 Å². The van der Waals surface area contributed by atoms with Gasteiger partial charge in [0.15, 0.2) is 23.4 Å². The van der Waals surface area contributed by atoms with Gasteiger partial charge < -0.3 is 14.8 Å². The number of fused-ring (bicyclic) bond motifs is 3. The molecule has 50 heavy (non-hydrogen) atoms. The van der Waals surface area contributed by atoms with Gasteiger partial charge in [0.1, 0.15) is 5.39 Å². The van der Waals surface area contributed by atoms with E-state index in [9.17, 15) is 9.90 Å². The van der Waals surface area contributed by atoms with E-state index < -0.39 is 11.9 Å². The number of alkyl halides is 1. The van der Waals surface area contributed by atoms with Crippen LogP contribution in [0.25, 0.3) is 16.9 Å². The van der Waals surface area contributed by atoms with Gasteiger partial charge in [0.25, 0.3) is 5.56 Å². The monoisotopic (exact) mass is 807 g/mol. The quantitative estimate of drug-likeness (QED) is 0.0782. The number of pyridine rings is 1. The second-order valence-electron chi connectivity index (χ2n) is 15.9. The van der Waals surface area contributed by atoms with Crippen LogP contribution >= 0.6 is 22.6 Å². The maximum Gasteiger partial charge on any atom is 0.278 e. The van der Waals surface area contributed by atoms with Gasteiger partial charge in [-0.15, -0.1) is 6.58 Å². The molecule has 0 bridgehead atoms. The van der Waals surface area contributed by atoms with E-state index >= 15 is 0 Å². The molecule has 2 aliphatic carbocycles. The van der Waals surface area contributed by atoms with E-state index in [1.165, 1.54) is 36.8 Å². The molecule has 0 amide bonds. The number of nitrogens with one attached hydrogen (secondary N) is 1. The predicted molar refractivity (Wildman–Crippen MR) is 210 cm³/mol. The Morgan fingerprint density at radius 2 is 1.86 bits per heavy atom. The van der Waals surface area contributed by atoms with Crippen LogP contribution in [0.15, 0.2) is 54.0 Å². The summed E-state index contributed by atoms with van der Waals surface area (Å²) in [5.41, 5.74) is 5.54. The molecule has 1 aliphatic heterocycles. The molecule has 3 aliphatic rings. The van der Waals surface area contributed by atoms with Crippen molar-refractivity contribution in [2.75, 3.05) is 18.5 Å². The second kappa shape index (κ2) is 13.6. The number of hydrogen-bond donors (Lipinski definition) is 2. The molecule has 0 spiro atoms. The molecule has 1 fully saturated rings. The van der Waals surface area contributed by atoms with Crippen molar-refractivity contribution in [3.05, 3.63) is 81.9 Å². The molecule has 3 aromatic heterocycles. The summed E-state index contributed by atoms with van der Waals surface area (Å²) in [7, 11) is -1.70. The minimum absolute atomic E-state index is 0.218. The number of hydrogen-bond acceptors (Lipinski definition) is 8. The second-order valence-corrected chi connectivity index (χ2v) is 22.5. The standard InChI is InChI=1S/C38H50IN7O3Si/c1-7-19-45-35(47)31-22-40-36(43-34(31)46(45)32-15-11-26-16-18-38(39,48)33(26)42-32)41-29-12-10-28-23-44(20-17-27(28)21-29)30-13-8-25(9-14-30)24-49-50(5,6)37(2,3)4/h7,10-12,15,21-22,25,30,48H,1,8-9,13-14,16-20,23-24H2,2-6H3,(H,40,41,43)/t25?,30?,38-/m1/s1. The van der Waals surface area contributed by atoms with Crippen LogP contribution in [0.1, 0.15) is 75.3 Å². The predicted octanol–water partition coefficient (Wildman–Crippen LogP) is 7.37. The lowest BCUT2D eigenvalue weighted by Crippen LogP contribution is -2.44. The highest BCUT2D eigenvalue weighted by atomic mass is 127. The number of benzene rings is 1. The van der Waals surface area contributed by atoms with Crippen LogP contribution < -0.4 is 10.9 Å². The first-order chi connectivity index (χ1) is 23.7. The van der Waals surface area contributed by atoms with E-state index in [1.807, 2.05) is 12.1 Å². The molecular weight excluding hydrogens is 757 g/mol. The third-order valence-corrected chi connectivity index (χ3v) is 17.1. The molecule has 7 rings (SSSR count). The van der Waals surface area contributed by atoms with Crippen molar-refractivity contribution in [2.45, 2.75) is 107 Å². The zero-order chi connectivity index (χ0) is 35.4. The maximum absolute atomic E-state index is 13.5. The van der Waals surface area contributed by atoms with Crippen LogP contribution in [-0.4, -0.2) is 61.8 Å². The summed E-state index contributed by atoms with van der Waals surface area (Å²) in [5, 5.41) is 15.0. The Morgan fingerprint density at radius 3 is 2.60 bits per heavy atom. The summed E-state index contributed by atoms with van der Waals surface area (Å²) in [5.74, 6) is 1.61. The van der Waals surface area contributed by atoms with Gasteiger partial charge >= 0.3 is 0 Å². The largest absolute Gasteiger partial charge is 0.417 e. The minimum atomic E-state index is -1.70. The van der Waals surface area contributed by atoms with E-state index in [-0.39, 0.29) is 17.1 Å². The summed E-state index contributed by atoms with van der Waals surface area (Å²) in [6.07, 6.45) is 10.6. The van der Waals surface area contributed by atoms with E-state index in [0.717, 1.165) is 43.8 Å². The van der Waals surface area contributed by atoms with Crippen LogP contribution in [0.4, 0.5) is 11.6 Å². The summed E-state index contributed by atoms with van der Waals surface area (Å²) in [4.78, 5) is 30.4. The molecule has 1 aromatic carbocycles. The maximum atomic E-state index is 13.5. The Kier molecular flexibility index (Phi) is 9.63. The van der Waals surface area contributed by atoms with Gasteiger partial charge in [-0.2, -0.15) is 4.98 Å². The summed E-state index contributed by atoms with van der Waals surface area (Å²) in [6.45, 7) is 18.8. The zero-order valence-electron chi connectivity index (χ0n) is 30.0. The fourth-order valence-electron chi connectivity index (χ4n) is 7.47. The Hall–Kier alpha value is -2.91. The number of nitrogens with zero attached hydrogens (tertiary/aromatic N) is 6. The zero-order valence-corrected chi connectivity index (χ0v) is 33.2. The smallest absolute Gasteiger partial charge is 0.278 e. The molecular formula is C38H50IN7O3Si. The molecule has 0 unspecified atom stereocenters. The van der Waals surface area contributed by atoms with Crippen molar-refractivity contribution in [3.63, 3.8) is 0 Å². The van der Waals surface area contributed by atoms with Gasteiger partial charge in [-0.05, 0) is 126 Å². The number of anilines is 2. The lowest BCUT2D eigenvalue weighted by molar-refractivity contribution is 0.103. The average Bonchev–Trinajstić information content (AvgIpc) is 3.54. The fraction of sp³-hybridized carbons (Fsp3) is 0.526. The molecule has 4 heterocycles. The highest BCUT2D eigenvalue weighted by molar-refractivity contribution is 14.1. The molecule has 12 heteroatoms. The van der Waals surface area contributed by atoms with Gasteiger partial charge in [-0.25, -0.2) is 19.3 Å². The van der Waals surface area contributed by atoms with Crippen molar-refractivity contribution in [2.24, 2.45) is 5.92 Å². The molecule has 1 atom stereocenters. The Bertz CT molecular complexity index is 1970. The van der Waals surface area contributed by atoms with Crippen LogP contribution in [0.5, 0.6) is 0 Å². The minimum Gasteiger partial charge on any atom is -0.417 e. The summed E-state index contributed by atoms with van der Waals surface area (Å²) >= 11 is 2.05. The van der Waals surface area contributed by atoms with Crippen LogP contribution in [0.3, 0.4) is 0 Å². The topological polar surface area (TPSA) is 110 Å². The van der Waals surface area contributed by atoms with Gasteiger partial charge in [0.2, 0.25) is 5.95 Å². The fourth-order valence-corrected chi connectivity index (χ4v) is 9.29. The van der Waals surface area contributed by atoms with Crippen molar-refractivity contribution in [3.8, 4) is 5.82 Å². The SMILES string of the molecule is C=CCn1c(=O)c2cnc(Nc3ccc4c(c3)CCN(C3CCC(CO[Si](C)(C)C(C)(C)C)CC3)C4)nc2n1-c1ccc2c(n1)[C@@](O)(I)CC2. The molecule has 266 valence electrons. The van der Waals surface area contributed by atoms with Crippen LogP contribution in [-0.2, 0) is 34.0 Å². The number of allylic oxidation sites excluding steroid dienone is 1. The van der Waals surface area contributed by atoms with Crippen molar-refractivity contribution in [1.82, 2.24) is 29.2 Å². The number of halogens is 1. The Balaban J connectivity index is 1.05. The lowest BCUT2D eigenvalue weighted by atomic mass is 9.84. The highest BCUT2D eigenvalue weighted by Gasteiger charge is 2.39. The number of aryl methyl sites for hydroxylation is 1. The molecule has 2 N–H and O–H groups in total. The van der Waals surface area contributed by atoms with Crippen molar-refractivity contribution < 1.29 is 9.53 Å². The normalized spacial score (nSPS) is 22.8. The lowest BCUT2D eigenvalue weighted by Gasteiger charge is -2.41. The molecule has 1 saturated carbocycles.